The molecule has 0 aliphatic carbocycles. The number of aryl methyl sites for hydroxylation is 2. The summed E-state index contributed by atoms with van der Waals surface area (Å²) in [6, 6.07) is 12.0. The maximum atomic E-state index is 13.0. The van der Waals surface area contributed by atoms with Gasteiger partial charge in [-0.15, -0.1) is 0 Å². The molecule has 0 bridgehead atoms. The zero-order chi connectivity index (χ0) is 21.3. The van der Waals surface area contributed by atoms with Gasteiger partial charge in [-0.1, -0.05) is 82.5 Å². The molecule has 0 aliphatic rings. The second-order valence-electron chi connectivity index (χ2n) is 8.09. The third-order valence-corrected chi connectivity index (χ3v) is 7.69. The standard InChI is InChI=1S/C25H35ClO2S/c1-4-6-7-11-21(10-5-2)12-8-13-22-18-25(17-16-20(22)3)29(27,28)24-15-9-14-23(26)19-24/h9,14-19,21H,4-8,10-13H2,1-3H3. The second-order valence-corrected chi connectivity index (χ2v) is 10.5. The number of hydrogen-bond acceptors (Lipinski definition) is 2. The summed E-state index contributed by atoms with van der Waals surface area (Å²) in [5.74, 6) is 0.797. The minimum absolute atomic E-state index is 0.249. The van der Waals surface area contributed by atoms with Crippen molar-refractivity contribution in [3.63, 3.8) is 0 Å². The van der Waals surface area contributed by atoms with Crippen LogP contribution < -0.4 is 0 Å². The molecule has 0 fully saturated rings. The number of halogens is 1. The highest BCUT2D eigenvalue weighted by Crippen LogP contribution is 2.27. The lowest BCUT2D eigenvalue weighted by Gasteiger charge is -2.16. The summed E-state index contributed by atoms with van der Waals surface area (Å²) in [6.07, 6.45) is 11.0. The van der Waals surface area contributed by atoms with Crippen molar-refractivity contribution in [2.75, 3.05) is 0 Å². The van der Waals surface area contributed by atoms with Crippen LogP contribution in [0.3, 0.4) is 0 Å². The van der Waals surface area contributed by atoms with Crippen molar-refractivity contribution in [2.45, 2.75) is 88.3 Å². The van der Waals surface area contributed by atoms with Crippen molar-refractivity contribution in [1.82, 2.24) is 0 Å². The van der Waals surface area contributed by atoms with Gasteiger partial charge in [0.25, 0.3) is 0 Å². The van der Waals surface area contributed by atoms with Crippen LogP contribution in [0.1, 0.15) is 76.3 Å². The molecule has 4 heteroatoms. The minimum atomic E-state index is -3.55. The van der Waals surface area contributed by atoms with E-state index in [0.29, 0.717) is 9.92 Å². The lowest BCUT2D eigenvalue weighted by Crippen LogP contribution is -2.05. The molecular weight excluding hydrogens is 400 g/mol. The van der Waals surface area contributed by atoms with Crippen LogP contribution in [0.5, 0.6) is 0 Å². The first-order chi connectivity index (χ1) is 13.9. The number of unbranched alkanes of at least 4 members (excludes halogenated alkanes) is 2. The molecule has 1 atom stereocenters. The quantitative estimate of drug-likeness (QED) is 0.319. The van der Waals surface area contributed by atoms with Crippen LogP contribution in [0.25, 0.3) is 0 Å². The van der Waals surface area contributed by atoms with Crippen LogP contribution in [0.15, 0.2) is 52.3 Å². The van der Waals surface area contributed by atoms with Gasteiger partial charge in [0.1, 0.15) is 0 Å². The number of sulfone groups is 1. The maximum Gasteiger partial charge on any atom is 0.206 e. The van der Waals surface area contributed by atoms with E-state index in [1.54, 1.807) is 24.3 Å². The largest absolute Gasteiger partial charge is 0.219 e. The van der Waals surface area contributed by atoms with E-state index >= 15 is 0 Å². The molecule has 0 saturated heterocycles. The van der Waals surface area contributed by atoms with E-state index in [9.17, 15) is 8.42 Å². The predicted octanol–water partition coefficient (Wildman–Crippen LogP) is 7.80. The monoisotopic (exact) mass is 434 g/mol. The Hall–Kier alpha value is -1.32. The molecule has 2 rings (SSSR count). The molecule has 0 radical (unpaired) electrons. The zero-order valence-corrected chi connectivity index (χ0v) is 19.7. The maximum absolute atomic E-state index is 13.0. The van der Waals surface area contributed by atoms with Gasteiger partial charge in [0.2, 0.25) is 9.84 Å². The fraction of sp³-hybridized carbons (Fsp3) is 0.520. The van der Waals surface area contributed by atoms with Gasteiger partial charge < -0.3 is 0 Å². The van der Waals surface area contributed by atoms with E-state index in [2.05, 4.69) is 20.8 Å². The topological polar surface area (TPSA) is 34.1 Å². The molecule has 0 saturated carbocycles. The number of benzene rings is 2. The predicted molar refractivity (Wildman–Crippen MR) is 124 cm³/mol. The average Bonchev–Trinajstić information content (AvgIpc) is 2.69. The Balaban J connectivity index is 2.08. The summed E-state index contributed by atoms with van der Waals surface area (Å²) in [5, 5.41) is 0.434. The van der Waals surface area contributed by atoms with Crippen LogP contribution in [0.2, 0.25) is 5.02 Å². The first-order valence-corrected chi connectivity index (χ1v) is 12.8. The normalized spacial score (nSPS) is 12.8. The van der Waals surface area contributed by atoms with Gasteiger partial charge in [0, 0.05) is 5.02 Å². The molecule has 0 aromatic heterocycles. The first-order valence-electron chi connectivity index (χ1n) is 11.0. The molecule has 1 unspecified atom stereocenters. The molecule has 29 heavy (non-hydrogen) atoms. The van der Waals surface area contributed by atoms with Gasteiger partial charge in [-0.25, -0.2) is 8.42 Å². The van der Waals surface area contributed by atoms with Crippen LogP contribution in [0.4, 0.5) is 0 Å². The molecule has 160 valence electrons. The molecule has 0 amide bonds. The van der Waals surface area contributed by atoms with E-state index in [-0.39, 0.29) is 4.90 Å². The van der Waals surface area contributed by atoms with Crippen molar-refractivity contribution < 1.29 is 8.42 Å². The summed E-state index contributed by atoms with van der Waals surface area (Å²) in [5.41, 5.74) is 2.30. The summed E-state index contributed by atoms with van der Waals surface area (Å²) in [4.78, 5) is 0.604. The van der Waals surface area contributed by atoms with Crippen molar-refractivity contribution in [3.05, 3.63) is 58.6 Å². The highest BCUT2D eigenvalue weighted by molar-refractivity contribution is 7.91. The summed E-state index contributed by atoms with van der Waals surface area (Å²) < 4.78 is 26.0. The van der Waals surface area contributed by atoms with Crippen molar-refractivity contribution in [2.24, 2.45) is 5.92 Å². The Morgan fingerprint density at radius 3 is 2.28 bits per heavy atom. The van der Waals surface area contributed by atoms with E-state index in [1.165, 1.54) is 51.0 Å². The van der Waals surface area contributed by atoms with Gasteiger partial charge in [0.15, 0.2) is 0 Å². The van der Waals surface area contributed by atoms with Crippen LogP contribution in [-0.4, -0.2) is 8.42 Å². The third kappa shape index (κ3) is 7.15. The van der Waals surface area contributed by atoms with E-state index in [4.69, 9.17) is 11.6 Å². The van der Waals surface area contributed by atoms with Crippen LogP contribution in [0, 0.1) is 12.8 Å². The lowest BCUT2D eigenvalue weighted by atomic mass is 9.90. The van der Waals surface area contributed by atoms with E-state index in [0.717, 1.165) is 29.9 Å². The van der Waals surface area contributed by atoms with Crippen molar-refractivity contribution >= 4 is 21.4 Å². The van der Waals surface area contributed by atoms with Crippen molar-refractivity contribution in [3.8, 4) is 0 Å². The van der Waals surface area contributed by atoms with E-state index < -0.39 is 9.84 Å². The highest BCUT2D eigenvalue weighted by Gasteiger charge is 2.19. The fourth-order valence-corrected chi connectivity index (χ4v) is 5.57. The molecule has 0 spiro atoms. The molecule has 0 heterocycles. The van der Waals surface area contributed by atoms with Crippen molar-refractivity contribution in [1.29, 1.82) is 0 Å². The Labute approximate surface area is 182 Å². The Bertz CT molecular complexity index is 874. The third-order valence-electron chi connectivity index (χ3n) is 5.71. The van der Waals surface area contributed by atoms with Gasteiger partial charge in [-0.3, -0.25) is 0 Å². The van der Waals surface area contributed by atoms with Gasteiger partial charge >= 0.3 is 0 Å². The molecule has 2 aromatic carbocycles. The van der Waals surface area contributed by atoms with Gasteiger partial charge in [0.05, 0.1) is 9.79 Å². The molecule has 2 aromatic rings. The highest BCUT2D eigenvalue weighted by atomic mass is 35.5. The fourth-order valence-electron chi connectivity index (χ4n) is 3.96. The number of hydrogen-bond donors (Lipinski definition) is 0. The van der Waals surface area contributed by atoms with Crippen LogP contribution in [-0.2, 0) is 16.3 Å². The molecular formula is C25H35ClO2S. The Morgan fingerprint density at radius 2 is 1.59 bits per heavy atom. The summed E-state index contributed by atoms with van der Waals surface area (Å²) in [7, 11) is -3.55. The zero-order valence-electron chi connectivity index (χ0n) is 18.1. The summed E-state index contributed by atoms with van der Waals surface area (Å²) in [6.45, 7) is 6.58. The SMILES string of the molecule is CCCCCC(CCC)CCCc1cc(S(=O)(=O)c2cccc(Cl)c2)ccc1C. The van der Waals surface area contributed by atoms with Crippen LogP contribution >= 0.6 is 11.6 Å². The minimum Gasteiger partial charge on any atom is -0.219 e. The Morgan fingerprint density at radius 1 is 0.862 bits per heavy atom. The second kappa shape index (κ2) is 11.8. The van der Waals surface area contributed by atoms with E-state index in [1.807, 2.05) is 12.1 Å². The molecule has 0 aliphatic heterocycles. The lowest BCUT2D eigenvalue weighted by molar-refractivity contribution is 0.388. The number of rotatable bonds is 12. The molecule has 0 N–H and O–H groups in total. The Kier molecular flexibility index (Phi) is 9.71. The van der Waals surface area contributed by atoms with Gasteiger partial charge in [-0.2, -0.15) is 0 Å². The summed E-state index contributed by atoms with van der Waals surface area (Å²) >= 11 is 6.00. The molecule has 2 nitrogen and oxygen atoms in total. The van der Waals surface area contributed by atoms with Gasteiger partial charge in [-0.05, 0) is 67.1 Å². The average molecular weight is 435 g/mol. The first kappa shape index (κ1) is 24.0. The smallest absolute Gasteiger partial charge is 0.206 e.